The largest absolute Gasteiger partial charge is 0.383 e. The van der Waals surface area contributed by atoms with Crippen LogP contribution in [-0.2, 0) is 9.53 Å². The number of nitro benzene ring substituents is 1. The van der Waals surface area contributed by atoms with E-state index >= 15 is 0 Å². The molecule has 0 spiro atoms. The molecule has 10 heteroatoms. The van der Waals surface area contributed by atoms with Crippen molar-refractivity contribution in [1.82, 2.24) is 15.5 Å². The van der Waals surface area contributed by atoms with Crippen molar-refractivity contribution in [3.63, 3.8) is 0 Å². The summed E-state index contributed by atoms with van der Waals surface area (Å²) in [5, 5.41) is 16.9. The van der Waals surface area contributed by atoms with E-state index in [0.717, 1.165) is 6.42 Å². The molecule has 9 nitrogen and oxygen atoms in total. The van der Waals surface area contributed by atoms with Gasteiger partial charge in [-0.05, 0) is 31.9 Å². The molecule has 1 fully saturated rings. The zero-order valence-electron chi connectivity index (χ0n) is 16.1. The molecule has 0 saturated carbocycles. The monoisotopic (exact) mass is 414 g/mol. The van der Waals surface area contributed by atoms with Crippen LogP contribution < -0.4 is 10.6 Å². The molecule has 0 aromatic heterocycles. The second-order valence-corrected chi connectivity index (χ2v) is 6.45. The van der Waals surface area contributed by atoms with Gasteiger partial charge in [-0.2, -0.15) is 0 Å². The Bertz CT molecular complexity index is 701. The smallest absolute Gasteiger partial charge is 0.272 e. The number of methoxy groups -OCH3 is 1. The zero-order chi connectivity index (χ0) is 19.8. The minimum absolute atomic E-state index is 0. The molecule has 1 saturated heterocycles. The third-order valence-corrected chi connectivity index (χ3v) is 4.54. The topological polar surface area (TPSA) is 114 Å². The number of hydrogen-bond donors (Lipinski definition) is 2. The van der Waals surface area contributed by atoms with Crippen molar-refractivity contribution in [2.24, 2.45) is 0 Å². The maximum absolute atomic E-state index is 12.8. The number of nitrogens with zero attached hydrogens (tertiary/aromatic N) is 2. The lowest BCUT2D eigenvalue weighted by Crippen LogP contribution is -2.47. The van der Waals surface area contributed by atoms with E-state index in [0.29, 0.717) is 50.3 Å². The molecule has 1 atom stereocenters. The second-order valence-electron chi connectivity index (χ2n) is 6.45. The van der Waals surface area contributed by atoms with Crippen LogP contribution in [0, 0.1) is 17.0 Å². The Balaban J connectivity index is 0.00000392. The van der Waals surface area contributed by atoms with Crippen LogP contribution in [-0.4, -0.2) is 67.6 Å². The van der Waals surface area contributed by atoms with Crippen molar-refractivity contribution < 1.29 is 19.2 Å². The van der Waals surface area contributed by atoms with Gasteiger partial charge >= 0.3 is 0 Å². The first-order valence-electron chi connectivity index (χ1n) is 8.99. The quantitative estimate of drug-likeness (QED) is 0.357. The molecule has 0 radical (unpaired) electrons. The molecule has 1 aromatic carbocycles. The first kappa shape index (κ1) is 23.8. The third kappa shape index (κ3) is 6.15. The van der Waals surface area contributed by atoms with Gasteiger partial charge in [0.15, 0.2) is 0 Å². The van der Waals surface area contributed by atoms with E-state index in [4.69, 9.17) is 4.74 Å². The third-order valence-electron chi connectivity index (χ3n) is 4.54. The van der Waals surface area contributed by atoms with Crippen LogP contribution >= 0.6 is 12.4 Å². The summed E-state index contributed by atoms with van der Waals surface area (Å²) >= 11 is 0. The van der Waals surface area contributed by atoms with Gasteiger partial charge in [-0.3, -0.25) is 19.7 Å². The van der Waals surface area contributed by atoms with Crippen LogP contribution in [0.4, 0.5) is 5.69 Å². The van der Waals surface area contributed by atoms with Gasteiger partial charge in [0.1, 0.15) is 6.04 Å². The highest BCUT2D eigenvalue weighted by Gasteiger charge is 2.34. The van der Waals surface area contributed by atoms with Crippen LogP contribution in [0.25, 0.3) is 0 Å². The Morgan fingerprint density at radius 2 is 2.07 bits per heavy atom. The maximum atomic E-state index is 12.8. The first-order valence-corrected chi connectivity index (χ1v) is 8.99. The number of carbonyl (C=O) groups is 2. The second kappa shape index (κ2) is 11.6. The van der Waals surface area contributed by atoms with Gasteiger partial charge in [0, 0.05) is 50.5 Å². The molecule has 156 valence electrons. The van der Waals surface area contributed by atoms with E-state index in [9.17, 15) is 19.7 Å². The number of aryl methyl sites for hydroxylation is 1. The summed E-state index contributed by atoms with van der Waals surface area (Å²) in [7, 11) is 1.63. The van der Waals surface area contributed by atoms with Gasteiger partial charge in [-0.25, -0.2) is 0 Å². The molecule has 1 aromatic rings. The predicted molar refractivity (Wildman–Crippen MR) is 107 cm³/mol. The summed E-state index contributed by atoms with van der Waals surface area (Å²) in [6.07, 6.45) is 1.36. The zero-order valence-corrected chi connectivity index (χ0v) is 16.9. The fourth-order valence-corrected chi connectivity index (χ4v) is 3.13. The predicted octanol–water partition coefficient (Wildman–Crippen LogP) is 1.28. The summed E-state index contributed by atoms with van der Waals surface area (Å²) < 4.78 is 4.93. The summed E-state index contributed by atoms with van der Waals surface area (Å²) in [6, 6.07) is 3.78. The molecule has 2 amide bonds. The molecule has 0 aliphatic carbocycles. The average molecular weight is 415 g/mol. The van der Waals surface area contributed by atoms with Gasteiger partial charge in [0.25, 0.3) is 11.6 Å². The van der Waals surface area contributed by atoms with E-state index < -0.39 is 11.0 Å². The number of benzene rings is 1. The van der Waals surface area contributed by atoms with Crippen molar-refractivity contribution in [3.8, 4) is 0 Å². The standard InChI is InChI=1S/C18H26N4O5.ClH/c1-13-12-14(5-6-15(13)22(25)26)18(24)21-10-3-4-16(21)17(23)20-8-7-19-9-11-27-2;/h5-6,12,16,19H,3-4,7-11H2,1-2H3,(H,20,23);1H. The van der Waals surface area contributed by atoms with E-state index in [-0.39, 0.29) is 29.9 Å². The van der Waals surface area contributed by atoms with Gasteiger partial charge < -0.3 is 20.3 Å². The fourth-order valence-electron chi connectivity index (χ4n) is 3.13. The molecule has 1 aliphatic rings. The van der Waals surface area contributed by atoms with Crippen LogP contribution in [0.3, 0.4) is 0 Å². The summed E-state index contributed by atoms with van der Waals surface area (Å²) in [4.78, 5) is 37.2. The van der Waals surface area contributed by atoms with Crippen molar-refractivity contribution >= 4 is 29.9 Å². The molecule has 0 bridgehead atoms. The minimum Gasteiger partial charge on any atom is -0.383 e. The first-order chi connectivity index (χ1) is 13.0. The van der Waals surface area contributed by atoms with Crippen molar-refractivity contribution in [2.75, 3.05) is 39.9 Å². The SMILES string of the molecule is COCCNCCNC(=O)C1CCCN1C(=O)c1ccc([N+](=O)[O-])c(C)c1.Cl. The molecule has 2 rings (SSSR count). The Morgan fingerprint density at radius 1 is 1.32 bits per heavy atom. The number of hydrogen-bond acceptors (Lipinski definition) is 6. The summed E-state index contributed by atoms with van der Waals surface area (Å²) in [5.74, 6) is -0.447. The average Bonchev–Trinajstić information content (AvgIpc) is 3.13. The molecule has 1 unspecified atom stereocenters. The Hall–Kier alpha value is -2.23. The van der Waals surface area contributed by atoms with Crippen molar-refractivity contribution in [1.29, 1.82) is 0 Å². The number of nitro groups is 1. The number of rotatable bonds is 9. The maximum Gasteiger partial charge on any atom is 0.272 e. The Kier molecular flexibility index (Phi) is 9.84. The van der Waals surface area contributed by atoms with E-state index in [1.807, 2.05) is 0 Å². The Labute approximate surface area is 170 Å². The molecule has 1 aliphatic heterocycles. The highest BCUT2D eigenvalue weighted by molar-refractivity contribution is 5.98. The van der Waals surface area contributed by atoms with Crippen LogP contribution in [0.1, 0.15) is 28.8 Å². The number of carbonyl (C=O) groups excluding carboxylic acids is 2. The van der Waals surface area contributed by atoms with Crippen molar-refractivity contribution in [2.45, 2.75) is 25.8 Å². The lowest BCUT2D eigenvalue weighted by atomic mass is 10.1. The van der Waals surface area contributed by atoms with Crippen molar-refractivity contribution in [3.05, 3.63) is 39.4 Å². The van der Waals surface area contributed by atoms with Gasteiger partial charge in [0.2, 0.25) is 5.91 Å². The number of nitrogens with one attached hydrogen (secondary N) is 2. The molecule has 2 N–H and O–H groups in total. The minimum atomic E-state index is -0.507. The molecule has 28 heavy (non-hydrogen) atoms. The van der Waals surface area contributed by atoms with Crippen LogP contribution in [0.2, 0.25) is 0 Å². The van der Waals surface area contributed by atoms with E-state index in [2.05, 4.69) is 10.6 Å². The van der Waals surface area contributed by atoms with Gasteiger partial charge in [-0.1, -0.05) is 0 Å². The van der Waals surface area contributed by atoms with Crippen LogP contribution in [0.5, 0.6) is 0 Å². The van der Waals surface area contributed by atoms with E-state index in [1.54, 1.807) is 18.9 Å². The number of halogens is 1. The summed E-state index contributed by atoms with van der Waals surface area (Å²) in [5.41, 5.74) is 0.760. The molecule has 1 heterocycles. The lowest BCUT2D eigenvalue weighted by molar-refractivity contribution is -0.385. The number of ether oxygens (including phenoxy) is 1. The number of likely N-dealkylation sites (tertiary alicyclic amines) is 1. The van der Waals surface area contributed by atoms with E-state index in [1.165, 1.54) is 18.2 Å². The highest BCUT2D eigenvalue weighted by Crippen LogP contribution is 2.23. The van der Waals surface area contributed by atoms with Crippen LogP contribution in [0.15, 0.2) is 18.2 Å². The van der Waals surface area contributed by atoms with Gasteiger partial charge in [0.05, 0.1) is 11.5 Å². The molecular formula is C18H27ClN4O5. The lowest BCUT2D eigenvalue weighted by Gasteiger charge is -2.24. The van der Waals surface area contributed by atoms with Gasteiger partial charge in [-0.15, -0.1) is 12.4 Å². The normalized spacial score (nSPS) is 15.8. The fraction of sp³-hybridized carbons (Fsp3) is 0.556. The Morgan fingerprint density at radius 3 is 2.71 bits per heavy atom. The number of amides is 2. The molecular weight excluding hydrogens is 388 g/mol. The summed E-state index contributed by atoms with van der Waals surface area (Å²) in [6.45, 7) is 4.50. The highest BCUT2D eigenvalue weighted by atomic mass is 35.5.